The Morgan fingerprint density at radius 2 is 2.00 bits per heavy atom. The van der Waals surface area contributed by atoms with E-state index >= 15 is 0 Å². The molecule has 1 aromatic heterocycles. The molecule has 1 heterocycles. The Morgan fingerprint density at radius 1 is 1.28 bits per heavy atom. The van der Waals surface area contributed by atoms with Gasteiger partial charge >= 0.3 is 0 Å². The van der Waals surface area contributed by atoms with E-state index in [9.17, 15) is 5.11 Å². The quantitative estimate of drug-likeness (QED) is 0.900. The lowest BCUT2D eigenvalue weighted by Gasteiger charge is -2.15. The molecular weight excluding hydrogens is 226 g/mol. The van der Waals surface area contributed by atoms with E-state index < -0.39 is 6.10 Å². The average molecular weight is 245 g/mol. The lowest BCUT2D eigenvalue weighted by Crippen LogP contribution is -2.12. The number of aliphatic hydroxyl groups excluding tert-OH is 1. The first-order valence-electron chi connectivity index (χ1n) is 6.21. The van der Waals surface area contributed by atoms with Gasteiger partial charge in [-0.2, -0.15) is 5.10 Å². The Morgan fingerprint density at radius 3 is 2.67 bits per heavy atom. The highest BCUT2D eigenvalue weighted by Gasteiger charge is 2.15. The summed E-state index contributed by atoms with van der Waals surface area (Å²) in [5.41, 5.74) is 2.05. The first kappa shape index (κ1) is 12.8. The van der Waals surface area contributed by atoms with E-state index in [1.165, 1.54) is 0 Å². The van der Waals surface area contributed by atoms with Crippen molar-refractivity contribution in [3.8, 4) is 0 Å². The molecule has 0 aliphatic heterocycles. The van der Waals surface area contributed by atoms with Gasteiger partial charge in [-0.3, -0.25) is 0 Å². The molecule has 0 saturated heterocycles. The van der Waals surface area contributed by atoms with E-state index in [-0.39, 0.29) is 6.04 Å². The van der Waals surface area contributed by atoms with Crippen LogP contribution in [0.15, 0.2) is 30.6 Å². The largest absolute Gasteiger partial charge is 0.388 e. The van der Waals surface area contributed by atoms with Crippen molar-refractivity contribution in [2.24, 2.45) is 0 Å². The van der Waals surface area contributed by atoms with Crippen molar-refractivity contribution in [2.45, 2.75) is 39.3 Å². The van der Waals surface area contributed by atoms with Crippen molar-refractivity contribution in [3.05, 3.63) is 47.5 Å². The highest BCUT2D eigenvalue weighted by Crippen LogP contribution is 2.21. The summed E-state index contributed by atoms with van der Waals surface area (Å²) < 4.78 is 1.85. The minimum absolute atomic E-state index is 0.256. The number of hydrogen-bond donors (Lipinski definition) is 1. The second-order valence-electron chi connectivity index (χ2n) is 4.79. The Balaban J connectivity index is 2.19. The topological polar surface area (TPSA) is 50.9 Å². The molecule has 1 aromatic carbocycles. The number of rotatable bonds is 4. The van der Waals surface area contributed by atoms with Crippen molar-refractivity contribution < 1.29 is 5.11 Å². The first-order chi connectivity index (χ1) is 8.59. The normalized spacial score (nSPS) is 12.9. The van der Waals surface area contributed by atoms with E-state index in [2.05, 4.69) is 23.9 Å². The van der Waals surface area contributed by atoms with Gasteiger partial charge in [-0.1, -0.05) is 24.3 Å². The van der Waals surface area contributed by atoms with Crippen molar-refractivity contribution in [3.63, 3.8) is 0 Å². The number of benzene rings is 1. The zero-order chi connectivity index (χ0) is 13.1. The van der Waals surface area contributed by atoms with E-state index in [1.54, 1.807) is 6.33 Å². The van der Waals surface area contributed by atoms with Gasteiger partial charge in [-0.25, -0.2) is 9.67 Å². The van der Waals surface area contributed by atoms with Crippen LogP contribution in [-0.4, -0.2) is 19.9 Å². The van der Waals surface area contributed by atoms with E-state index in [1.807, 2.05) is 35.9 Å². The molecule has 4 nitrogen and oxygen atoms in total. The maximum Gasteiger partial charge on any atom is 0.138 e. The van der Waals surface area contributed by atoms with Gasteiger partial charge in [0.1, 0.15) is 12.2 Å². The third-order valence-corrected chi connectivity index (χ3v) is 3.06. The third-order valence-electron chi connectivity index (χ3n) is 3.06. The average Bonchev–Trinajstić information content (AvgIpc) is 2.77. The highest BCUT2D eigenvalue weighted by atomic mass is 16.3. The molecule has 0 radical (unpaired) electrons. The zero-order valence-corrected chi connectivity index (χ0v) is 11.0. The summed E-state index contributed by atoms with van der Waals surface area (Å²) >= 11 is 0. The van der Waals surface area contributed by atoms with Gasteiger partial charge in [0, 0.05) is 12.5 Å². The summed E-state index contributed by atoms with van der Waals surface area (Å²) in [6, 6.07) is 8.13. The fraction of sp³-hybridized carbons (Fsp3) is 0.429. The molecule has 4 heteroatoms. The monoisotopic (exact) mass is 245 g/mol. The number of hydrogen-bond acceptors (Lipinski definition) is 3. The Bertz CT molecular complexity index is 519. The molecule has 0 aliphatic rings. The van der Waals surface area contributed by atoms with Crippen molar-refractivity contribution >= 4 is 0 Å². The summed E-state index contributed by atoms with van der Waals surface area (Å²) in [7, 11) is 0. The maximum absolute atomic E-state index is 10.3. The molecule has 2 aromatic rings. The third kappa shape index (κ3) is 2.59. The Kier molecular flexibility index (Phi) is 3.77. The second kappa shape index (κ2) is 5.31. The molecular formula is C14H19N3O. The summed E-state index contributed by atoms with van der Waals surface area (Å²) in [6.07, 6.45) is 1.50. The van der Waals surface area contributed by atoms with Crippen LogP contribution in [0.25, 0.3) is 0 Å². The van der Waals surface area contributed by atoms with Crippen LogP contribution in [-0.2, 0) is 6.42 Å². The molecule has 1 N–H and O–H groups in total. The molecule has 1 unspecified atom stereocenters. The Hall–Kier alpha value is -1.68. The van der Waals surface area contributed by atoms with Crippen LogP contribution < -0.4 is 0 Å². The summed E-state index contributed by atoms with van der Waals surface area (Å²) in [6.45, 7) is 6.11. The van der Waals surface area contributed by atoms with Gasteiger partial charge in [0.05, 0.1) is 6.10 Å². The van der Waals surface area contributed by atoms with E-state index in [0.717, 1.165) is 17.0 Å². The molecule has 18 heavy (non-hydrogen) atoms. The van der Waals surface area contributed by atoms with Crippen LogP contribution in [0.4, 0.5) is 0 Å². The second-order valence-corrected chi connectivity index (χ2v) is 4.79. The van der Waals surface area contributed by atoms with Crippen LogP contribution in [0.3, 0.4) is 0 Å². The minimum atomic E-state index is -0.534. The zero-order valence-electron chi connectivity index (χ0n) is 11.0. The number of aryl methyl sites for hydroxylation is 1. The lowest BCUT2D eigenvalue weighted by molar-refractivity contribution is 0.172. The van der Waals surface area contributed by atoms with Crippen molar-refractivity contribution in [1.29, 1.82) is 0 Å². The van der Waals surface area contributed by atoms with Crippen LogP contribution in [0, 0.1) is 6.92 Å². The lowest BCUT2D eigenvalue weighted by atomic mass is 10.0. The van der Waals surface area contributed by atoms with Crippen LogP contribution in [0.5, 0.6) is 0 Å². The van der Waals surface area contributed by atoms with Crippen LogP contribution >= 0.6 is 0 Å². The molecule has 0 saturated carbocycles. The predicted molar refractivity (Wildman–Crippen MR) is 70.2 cm³/mol. The van der Waals surface area contributed by atoms with E-state index in [4.69, 9.17) is 0 Å². The van der Waals surface area contributed by atoms with Gasteiger partial charge in [0.2, 0.25) is 0 Å². The van der Waals surface area contributed by atoms with Crippen molar-refractivity contribution in [2.75, 3.05) is 0 Å². The molecule has 0 spiro atoms. The maximum atomic E-state index is 10.3. The van der Waals surface area contributed by atoms with Gasteiger partial charge in [0.25, 0.3) is 0 Å². The van der Waals surface area contributed by atoms with Crippen molar-refractivity contribution in [1.82, 2.24) is 14.8 Å². The number of nitrogens with zero attached hydrogens (tertiary/aromatic N) is 3. The molecule has 0 bridgehead atoms. The SMILES string of the molecule is Cc1ccccc1C(O)Cc1ncnn1C(C)C. The highest BCUT2D eigenvalue weighted by molar-refractivity contribution is 5.28. The molecule has 96 valence electrons. The predicted octanol–water partition coefficient (Wildman–Crippen LogP) is 2.44. The molecule has 0 amide bonds. The molecule has 0 aliphatic carbocycles. The smallest absolute Gasteiger partial charge is 0.138 e. The van der Waals surface area contributed by atoms with Crippen LogP contribution in [0.1, 0.15) is 42.9 Å². The van der Waals surface area contributed by atoms with Gasteiger partial charge < -0.3 is 5.11 Å². The minimum Gasteiger partial charge on any atom is -0.388 e. The van der Waals surface area contributed by atoms with Gasteiger partial charge in [0.15, 0.2) is 0 Å². The summed E-state index contributed by atoms with van der Waals surface area (Å²) in [5, 5.41) is 14.5. The first-order valence-corrected chi connectivity index (χ1v) is 6.21. The summed E-state index contributed by atoms with van der Waals surface area (Å²) in [5.74, 6) is 0.820. The number of aliphatic hydroxyl groups is 1. The molecule has 1 atom stereocenters. The molecule has 0 fully saturated rings. The number of aromatic nitrogens is 3. The summed E-state index contributed by atoms with van der Waals surface area (Å²) in [4.78, 5) is 4.22. The molecule has 2 rings (SSSR count). The van der Waals surface area contributed by atoms with E-state index in [0.29, 0.717) is 6.42 Å². The van der Waals surface area contributed by atoms with Gasteiger partial charge in [-0.05, 0) is 31.9 Å². The van der Waals surface area contributed by atoms with Crippen LogP contribution in [0.2, 0.25) is 0 Å². The fourth-order valence-electron chi connectivity index (χ4n) is 2.10. The standard InChI is InChI=1S/C14H19N3O/c1-10(2)17-14(15-9-16-17)8-13(18)12-7-5-4-6-11(12)3/h4-7,9-10,13,18H,8H2,1-3H3. The van der Waals surface area contributed by atoms with Gasteiger partial charge in [-0.15, -0.1) is 0 Å². The Labute approximate surface area is 107 Å². The fourth-order valence-corrected chi connectivity index (χ4v) is 2.10.